The first kappa shape index (κ1) is 18.4. The average molecular weight is 391 g/mol. The standard InChI is InChI=1S/C23H19ClN2O2/c24-18-7-5-17(6-8-18)20(15-16-9-12-25-13-10-16)23(28)26-14-11-22(27)19-3-1-2-4-21(19)26/h1-10,12-13,20H,11,14-15H2. The number of anilines is 1. The van der Waals surface area contributed by atoms with Crippen LogP contribution in [0.1, 0.15) is 33.8 Å². The SMILES string of the molecule is O=C1CCN(C(=O)C(Cc2ccncc2)c2ccc(Cl)cc2)c2ccccc21. The summed E-state index contributed by atoms with van der Waals surface area (Å²) in [5.41, 5.74) is 3.24. The van der Waals surface area contributed by atoms with Crippen LogP contribution in [-0.4, -0.2) is 23.2 Å². The Labute approximate surface area is 168 Å². The molecule has 1 unspecified atom stereocenters. The lowest BCUT2D eigenvalue weighted by molar-refractivity contribution is -0.120. The zero-order valence-corrected chi connectivity index (χ0v) is 16.0. The molecule has 4 nitrogen and oxygen atoms in total. The molecule has 0 aliphatic carbocycles. The predicted octanol–water partition coefficient (Wildman–Crippen LogP) is 4.68. The van der Waals surface area contributed by atoms with Gasteiger partial charge in [-0.25, -0.2) is 0 Å². The third-order valence-electron chi connectivity index (χ3n) is 5.08. The van der Waals surface area contributed by atoms with Gasteiger partial charge in [0.05, 0.1) is 11.6 Å². The van der Waals surface area contributed by atoms with Gasteiger partial charge in [-0.2, -0.15) is 0 Å². The molecule has 4 rings (SSSR count). The Bertz CT molecular complexity index is 1000. The van der Waals surface area contributed by atoms with Gasteiger partial charge in [-0.3, -0.25) is 14.6 Å². The molecule has 0 fully saturated rings. The lowest BCUT2D eigenvalue weighted by Crippen LogP contribution is -2.41. The zero-order valence-electron chi connectivity index (χ0n) is 15.2. The fraction of sp³-hybridized carbons (Fsp3) is 0.174. The number of nitrogens with zero attached hydrogens (tertiary/aromatic N) is 2. The topological polar surface area (TPSA) is 50.3 Å². The molecule has 1 aromatic heterocycles. The smallest absolute Gasteiger partial charge is 0.234 e. The van der Waals surface area contributed by atoms with Crippen molar-refractivity contribution < 1.29 is 9.59 Å². The average Bonchev–Trinajstić information content (AvgIpc) is 2.74. The van der Waals surface area contributed by atoms with Gasteiger partial charge < -0.3 is 4.90 Å². The summed E-state index contributed by atoms with van der Waals surface area (Å²) in [6, 6.07) is 18.6. The zero-order chi connectivity index (χ0) is 19.5. The number of hydrogen-bond acceptors (Lipinski definition) is 3. The van der Waals surface area contributed by atoms with Gasteiger partial charge in [0.15, 0.2) is 5.78 Å². The first-order chi connectivity index (χ1) is 13.6. The highest BCUT2D eigenvalue weighted by atomic mass is 35.5. The van der Waals surface area contributed by atoms with Crippen molar-refractivity contribution in [2.24, 2.45) is 0 Å². The number of halogens is 1. The van der Waals surface area contributed by atoms with Gasteiger partial charge in [0.1, 0.15) is 0 Å². The van der Waals surface area contributed by atoms with Crippen LogP contribution in [0, 0.1) is 0 Å². The molecule has 140 valence electrons. The van der Waals surface area contributed by atoms with Gasteiger partial charge in [-0.05, 0) is 53.9 Å². The van der Waals surface area contributed by atoms with Crippen molar-refractivity contribution >= 4 is 29.0 Å². The molecule has 0 radical (unpaired) electrons. The Hall–Kier alpha value is -2.98. The summed E-state index contributed by atoms with van der Waals surface area (Å²) >= 11 is 6.05. The number of hydrogen-bond donors (Lipinski definition) is 0. The highest BCUT2D eigenvalue weighted by Gasteiger charge is 2.32. The number of para-hydroxylation sites is 1. The summed E-state index contributed by atoms with van der Waals surface area (Å²) in [7, 11) is 0. The van der Waals surface area contributed by atoms with E-state index in [0.717, 1.165) is 11.1 Å². The number of ketones is 1. The minimum Gasteiger partial charge on any atom is -0.311 e. The Morgan fingerprint density at radius 2 is 1.75 bits per heavy atom. The van der Waals surface area contributed by atoms with E-state index in [4.69, 9.17) is 11.6 Å². The van der Waals surface area contributed by atoms with Crippen LogP contribution in [0.2, 0.25) is 5.02 Å². The number of carbonyl (C=O) groups excluding carboxylic acids is 2. The number of rotatable bonds is 4. The van der Waals surface area contributed by atoms with E-state index in [9.17, 15) is 9.59 Å². The molecule has 0 saturated heterocycles. The van der Waals surface area contributed by atoms with Crippen LogP contribution < -0.4 is 4.90 Å². The van der Waals surface area contributed by atoms with E-state index in [1.54, 1.807) is 35.5 Å². The van der Waals surface area contributed by atoms with Crippen molar-refractivity contribution in [3.63, 3.8) is 0 Å². The first-order valence-electron chi connectivity index (χ1n) is 9.21. The molecule has 0 N–H and O–H groups in total. The van der Waals surface area contributed by atoms with E-state index >= 15 is 0 Å². The quantitative estimate of drug-likeness (QED) is 0.649. The maximum atomic E-state index is 13.6. The van der Waals surface area contributed by atoms with Crippen molar-refractivity contribution in [2.75, 3.05) is 11.4 Å². The van der Waals surface area contributed by atoms with Crippen molar-refractivity contribution in [1.82, 2.24) is 4.98 Å². The lowest BCUT2D eigenvalue weighted by Gasteiger charge is -2.32. The highest BCUT2D eigenvalue weighted by molar-refractivity contribution is 6.30. The number of carbonyl (C=O) groups is 2. The molecule has 5 heteroatoms. The van der Waals surface area contributed by atoms with Gasteiger partial charge in [-0.15, -0.1) is 0 Å². The molecule has 1 aliphatic rings. The summed E-state index contributed by atoms with van der Waals surface area (Å²) in [4.78, 5) is 31.7. The summed E-state index contributed by atoms with van der Waals surface area (Å²) < 4.78 is 0. The van der Waals surface area contributed by atoms with Gasteiger partial charge in [0.2, 0.25) is 5.91 Å². The molecular weight excluding hydrogens is 372 g/mol. The Morgan fingerprint density at radius 3 is 2.50 bits per heavy atom. The van der Waals surface area contributed by atoms with Crippen LogP contribution in [0.3, 0.4) is 0 Å². The molecule has 1 amide bonds. The molecule has 3 aromatic rings. The van der Waals surface area contributed by atoms with Gasteiger partial charge in [0, 0.05) is 35.9 Å². The predicted molar refractivity (Wildman–Crippen MR) is 110 cm³/mol. The number of pyridine rings is 1. The number of amides is 1. The van der Waals surface area contributed by atoms with Crippen molar-refractivity contribution in [3.8, 4) is 0 Å². The Kier molecular flexibility index (Phi) is 5.22. The van der Waals surface area contributed by atoms with Crippen LogP contribution in [-0.2, 0) is 11.2 Å². The van der Waals surface area contributed by atoms with E-state index in [0.29, 0.717) is 35.7 Å². The molecule has 28 heavy (non-hydrogen) atoms. The second-order valence-electron chi connectivity index (χ2n) is 6.84. The molecule has 1 aliphatic heterocycles. The first-order valence-corrected chi connectivity index (χ1v) is 9.59. The number of fused-ring (bicyclic) bond motifs is 1. The van der Waals surface area contributed by atoms with Crippen molar-refractivity contribution in [1.29, 1.82) is 0 Å². The van der Waals surface area contributed by atoms with Crippen molar-refractivity contribution in [2.45, 2.75) is 18.8 Å². The van der Waals surface area contributed by atoms with Crippen molar-refractivity contribution in [3.05, 3.63) is 94.8 Å². The van der Waals surface area contributed by atoms with E-state index in [1.165, 1.54) is 0 Å². The van der Waals surface area contributed by atoms with Crippen LogP contribution in [0.4, 0.5) is 5.69 Å². The normalized spacial score (nSPS) is 14.5. The Balaban J connectivity index is 1.72. The van der Waals surface area contributed by atoms with E-state index in [1.807, 2.05) is 42.5 Å². The summed E-state index contributed by atoms with van der Waals surface area (Å²) in [5, 5.41) is 0.632. The fourth-order valence-corrected chi connectivity index (χ4v) is 3.75. The third-order valence-corrected chi connectivity index (χ3v) is 5.34. The monoisotopic (exact) mass is 390 g/mol. The second-order valence-corrected chi connectivity index (χ2v) is 7.28. The maximum absolute atomic E-state index is 13.6. The largest absolute Gasteiger partial charge is 0.311 e. The van der Waals surface area contributed by atoms with Crippen LogP contribution in [0.5, 0.6) is 0 Å². The molecule has 0 spiro atoms. The molecule has 0 bridgehead atoms. The van der Waals surface area contributed by atoms with Crippen LogP contribution in [0.25, 0.3) is 0 Å². The lowest BCUT2D eigenvalue weighted by atomic mass is 9.89. The number of benzene rings is 2. The summed E-state index contributed by atoms with van der Waals surface area (Å²) in [5.74, 6) is -0.308. The van der Waals surface area contributed by atoms with E-state index < -0.39 is 0 Å². The van der Waals surface area contributed by atoms with Gasteiger partial charge in [-0.1, -0.05) is 35.9 Å². The summed E-state index contributed by atoms with van der Waals surface area (Å²) in [6.07, 6.45) is 4.35. The third kappa shape index (κ3) is 3.69. The molecule has 0 saturated carbocycles. The number of Topliss-reactive ketones (excluding diaryl/α,β-unsaturated/α-hetero) is 1. The maximum Gasteiger partial charge on any atom is 0.234 e. The van der Waals surface area contributed by atoms with Crippen LogP contribution in [0.15, 0.2) is 73.1 Å². The highest BCUT2D eigenvalue weighted by Crippen LogP contribution is 2.32. The molecule has 2 aromatic carbocycles. The van der Waals surface area contributed by atoms with Gasteiger partial charge in [0.25, 0.3) is 0 Å². The van der Waals surface area contributed by atoms with E-state index in [2.05, 4.69) is 4.98 Å². The summed E-state index contributed by atoms with van der Waals surface area (Å²) in [6.45, 7) is 0.398. The molecular formula is C23H19ClN2O2. The fourth-order valence-electron chi connectivity index (χ4n) is 3.63. The molecule has 1 atom stereocenters. The molecule has 2 heterocycles. The Morgan fingerprint density at radius 1 is 1.04 bits per heavy atom. The number of aromatic nitrogens is 1. The minimum absolute atomic E-state index is 0.0147. The second kappa shape index (κ2) is 7.95. The van der Waals surface area contributed by atoms with E-state index in [-0.39, 0.29) is 17.6 Å². The van der Waals surface area contributed by atoms with Gasteiger partial charge >= 0.3 is 0 Å². The minimum atomic E-state index is -0.374. The van der Waals surface area contributed by atoms with Crippen LogP contribution >= 0.6 is 11.6 Å².